The molecule has 1 heterocycles. The highest BCUT2D eigenvalue weighted by molar-refractivity contribution is 7.22. The van der Waals surface area contributed by atoms with Crippen LogP contribution in [0.4, 0.5) is 5.13 Å². The lowest BCUT2D eigenvalue weighted by Gasteiger charge is -2.14. The van der Waals surface area contributed by atoms with Gasteiger partial charge in [-0.3, -0.25) is 10.1 Å². The van der Waals surface area contributed by atoms with Crippen molar-refractivity contribution in [2.45, 2.75) is 6.92 Å². The quantitative estimate of drug-likeness (QED) is 0.164. The fourth-order valence-corrected chi connectivity index (χ4v) is 5.31. The molecular weight excluding hydrogens is 508 g/mol. The second-order valence-electron chi connectivity index (χ2n) is 8.90. The number of thiazole rings is 1. The van der Waals surface area contributed by atoms with E-state index in [1.54, 1.807) is 21.3 Å². The normalized spacial score (nSPS) is 11.3. The maximum atomic E-state index is 13.7. The molecule has 0 spiro atoms. The van der Waals surface area contributed by atoms with Crippen LogP contribution in [0, 0.1) is 6.92 Å². The maximum absolute atomic E-state index is 13.7. The second-order valence-corrected chi connectivity index (χ2v) is 9.94. The van der Waals surface area contributed by atoms with Crippen molar-refractivity contribution in [2.75, 3.05) is 26.6 Å². The van der Waals surface area contributed by atoms with Gasteiger partial charge in [0.1, 0.15) is 0 Å². The van der Waals surface area contributed by atoms with Gasteiger partial charge in [0.2, 0.25) is 5.75 Å². The Hall–Kier alpha value is -4.62. The summed E-state index contributed by atoms with van der Waals surface area (Å²) in [5.41, 5.74) is 6.12. The second kappa shape index (κ2) is 11.4. The van der Waals surface area contributed by atoms with Crippen molar-refractivity contribution >= 4 is 44.2 Å². The third-order valence-electron chi connectivity index (χ3n) is 6.31. The highest BCUT2D eigenvalue weighted by atomic mass is 32.1. The lowest BCUT2D eigenvalue weighted by molar-refractivity contribution is -0.111. The van der Waals surface area contributed by atoms with Crippen LogP contribution in [0.25, 0.3) is 33.0 Å². The van der Waals surface area contributed by atoms with Crippen molar-refractivity contribution in [3.05, 3.63) is 102 Å². The minimum absolute atomic E-state index is 0.271. The maximum Gasteiger partial charge on any atom is 0.258 e. The van der Waals surface area contributed by atoms with Crippen LogP contribution in [0.2, 0.25) is 0 Å². The summed E-state index contributed by atoms with van der Waals surface area (Å²) >= 11 is 1.45. The molecule has 0 atom stereocenters. The van der Waals surface area contributed by atoms with E-state index in [0.717, 1.165) is 38.0 Å². The van der Waals surface area contributed by atoms with E-state index in [-0.39, 0.29) is 5.91 Å². The fraction of sp³-hybridized carbons (Fsp3) is 0.125. The minimum atomic E-state index is -0.271. The van der Waals surface area contributed by atoms with E-state index in [4.69, 9.17) is 14.2 Å². The van der Waals surface area contributed by atoms with Gasteiger partial charge >= 0.3 is 0 Å². The van der Waals surface area contributed by atoms with E-state index in [9.17, 15) is 4.79 Å². The third-order valence-corrected chi connectivity index (χ3v) is 7.24. The number of anilines is 1. The molecule has 0 bridgehead atoms. The standard InChI is InChI=1S/C32H28N2O4S/c1-20-10-15-26-29(16-20)39-32(33-26)34-31(35)25(17-21-18-27(36-2)30(38-4)28(19-21)37-3)24-13-11-23(12-14-24)22-8-6-5-7-9-22/h5-19H,1-4H3,(H,33,34,35)/b25-17+. The topological polar surface area (TPSA) is 69.7 Å². The van der Waals surface area contributed by atoms with E-state index < -0.39 is 0 Å². The van der Waals surface area contributed by atoms with E-state index in [2.05, 4.69) is 28.5 Å². The Morgan fingerprint density at radius 2 is 1.49 bits per heavy atom. The number of rotatable bonds is 8. The van der Waals surface area contributed by atoms with Crippen molar-refractivity contribution in [3.8, 4) is 28.4 Å². The molecule has 196 valence electrons. The fourth-order valence-electron chi connectivity index (χ4n) is 4.35. The number of amides is 1. The van der Waals surface area contributed by atoms with Crippen LogP contribution in [0.1, 0.15) is 16.7 Å². The number of nitrogens with one attached hydrogen (secondary N) is 1. The number of fused-ring (bicyclic) bond motifs is 1. The number of carbonyl (C=O) groups excluding carboxylic acids is 1. The molecular formula is C32H28N2O4S. The number of aromatic nitrogens is 1. The molecule has 6 nitrogen and oxygen atoms in total. The Morgan fingerprint density at radius 3 is 2.13 bits per heavy atom. The Bertz CT molecular complexity index is 1630. The monoisotopic (exact) mass is 536 g/mol. The van der Waals surface area contributed by atoms with Crippen LogP contribution in [-0.4, -0.2) is 32.2 Å². The highest BCUT2D eigenvalue weighted by Crippen LogP contribution is 2.39. The van der Waals surface area contributed by atoms with Gasteiger partial charge in [0, 0.05) is 5.57 Å². The van der Waals surface area contributed by atoms with Crippen molar-refractivity contribution < 1.29 is 19.0 Å². The average Bonchev–Trinajstić information content (AvgIpc) is 3.37. The van der Waals surface area contributed by atoms with Gasteiger partial charge in [-0.05, 0) is 65.1 Å². The van der Waals surface area contributed by atoms with Crippen molar-refractivity contribution in [3.63, 3.8) is 0 Å². The molecule has 1 aromatic heterocycles. The summed E-state index contributed by atoms with van der Waals surface area (Å²) in [7, 11) is 4.69. The SMILES string of the molecule is COc1cc(/C=C(/C(=O)Nc2nc3ccc(C)cc3s2)c2ccc(-c3ccccc3)cc2)cc(OC)c1OC. The molecule has 1 amide bonds. The molecule has 0 aliphatic carbocycles. The highest BCUT2D eigenvalue weighted by Gasteiger charge is 2.18. The smallest absolute Gasteiger partial charge is 0.258 e. The third kappa shape index (κ3) is 5.63. The summed E-state index contributed by atoms with van der Waals surface area (Å²) in [5.74, 6) is 1.22. The number of carbonyl (C=O) groups is 1. The van der Waals surface area contributed by atoms with Gasteiger partial charge in [-0.15, -0.1) is 0 Å². The summed E-state index contributed by atoms with van der Waals surface area (Å²) in [6, 6.07) is 27.7. The van der Waals surface area contributed by atoms with Gasteiger partial charge in [-0.25, -0.2) is 4.98 Å². The minimum Gasteiger partial charge on any atom is -0.493 e. The molecule has 0 radical (unpaired) electrons. The molecule has 0 aliphatic rings. The summed E-state index contributed by atoms with van der Waals surface area (Å²) < 4.78 is 17.5. The van der Waals surface area contributed by atoms with Gasteiger partial charge in [-0.2, -0.15) is 0 Å². The zero-order valence-electron chi connectivity index (χ0n) is 22.1. The lowest BCUT2D eigenvalue weighted by atomic mass is 9.98. The average molecular weight is 537 g/mol. The number of hydrogen-bond acceptors (Lipinski definition) is 6. The van der Waals surface area contributed by atoms with E-state index in [1.165, 1.54) is 11.3 Å². The molecule has 0 fully saturated rings. The summed E-state index contributed by atoms with van der Waals surface area (Å²) in [4.78, 5) is 18.4. The number of ether oxygens (including phenoxy) is 3. The summed E-state index contributed by atoms with van der Waals surface area (Å²) in [6.07, 6.45) is 1.81. The Labute approximate surface area is 231 Å². The molecule has 5 rings (SSSR count). The predicted molar refractivity (Wildman–Crippen MR) is 159 cm³/mol. The molecule has 4 aromatic carbocycles. The first-order valence-electron chi connectivity index (χ1n) is 12.3. The van der Waals surface area contributed by atoms with Crippen LogP contribution in [0.15, 0.2) is 84.9 Å². The van der Waals surface area contributed by atoms with E-state index in [1.807, 2.05) is 79.7 Å². The van der Waals surface area contributed by atoms with Crippen LogP contribution < -0.4 is 19.5 Å². The Kier molecular flexibility index (Phi) is 7.61. The predicted octanol–water partition coefficient (Wildman–Crippen LogP) is 7.48. The zero-order chi connectivity index (χ0) is 27.4. The van der Waals surface area contributed by atoms with Gasteiger partial charge in [-0.1, -0.05) is 72.0 Å². The molecule has 0 aliphatic heterocycles. The van der Waals surface area contributed by atoms with Crippen LogP contribution in [-0.2, 0) is 4.79 Å². The Balaban J connectivity index is 1.56. The molecule has 1 N–H and O–H groups in total. The molecule has 0 unspecified atom stereocenters. The molecule has 0 saturated heterocycles. The molecule has 39 heavy (non-hydrogen) atoms. The van der Waals surface area contributed by atoms with Gasteiger partial charge < -0.3 is 14.2 Å². The van der Waals surface area contributed by atoms with Crippen LogP contribution >= 0.6 is 11.3 Å². The van der Waals surface area contributed by atoms with E-state index in [0.29, 0.717) is 28.0 Å². The first kappa shape index (κ1) is 26.0. The zero-order valence-corrected chi connectivity index (χ0v) is 23.0. The number of hydrogen-bond donors (Lipinski definition) is 1. The van der Waals surface area contributed by atoms with Crippen molar-refractivity contribution in [1.82, 2.24) is 4.98 Å². The largest absolute Gasteiger partial charge is 0.493 e. The summed E-state index contributed by atoms with van der Waals surface area (Å²) in [6.45, 7) is 2.04. The van der Waals surface area contributed by atoms with Crippen LogP contribution in [0.3, 0.4) is 0 Å². The number of benzene rings is 4. The van der Waals surface area contributed by atoms with Gasteiger partial charge in [0.15, 0.2) is 16.6 Å². The number of aryl methyl sites for hydroxylation is 1. The van der Waals surface area contributed by atoms with Crippen molar-refractivity contribution in [1.29, 1.82) is 0 Å². The number of methoxy groups -OCH3 is 3. The number of nitrogens with zero attached hydrogens (tertiary/aromatic N) is 1. The first-order valence-corrected chi connectivity index (χ1v) is 13.2. The molecule has 5 aromatic rings. The Morgan fingerprint density at radius 1 is 0.821 bits per heavy atom. The van der Waals surface area contributed by atoms with Crippen LogP contribution in [0.5, 0.6) is 17.2 Å². The lowest BCUT2D eigenvalue weighted by Crippen LogP contribution is -2.13. The molecule has 0 saturated carbocycles. The van der Waals surface area contributed by atoms with Gasteiger partial charge in [0.05, 0.1) is 31.5 Å². The van der Waals surface area contributed by atoms with E-state index >= 15 is 0 Å². The first-order chi connectivity index (χ1) is 19.0. The molecule has 7 heteroatoms. The summed E-state index contributed by atoms with van der Waals surface area (Å²) in [5, 5.41) is 3.55. The van der Waals surface area contributed by atoms with Gasteiger partial charge in [0.25, 0.3) is 5.91 Å². The van der Waals surface area contributed by atoms with Crippen molar-refractivity contribution in [2.24, 2.45) is 0 Å².